The topological polar surface area (TPSA) is 90.9 Å². The fourth-order valence-corrected chi connectivity index (χ4v) is 2.29. The molecule has 0 aliphatic rings. The number of rotatable bonds is 9. The number of carbonyl (C=O) groups excluding carboxylic acids is 3. The predicted molar refractivity (Wildman–Crippen MR) is 99.9 cm³/mol. The Morgan fingerprint density at radius 1 is 0.963 bits per heavy atom. The first-order valence-corrected chi connectivity index (χ1v) is 9.20. The Balaban J connectivity index is 2.68. The maximum atomic E-state index is 12.5. The molecule has 1 rings (SSSR count). The van der Waals surface area contributed by atoms with Gasteiger partial charge in [-0.3, -0.25) is 0 Å². The number of alkyl carbamates (subject to hydrolysis) is 1. The van der Waals surface area contributed by atoms with E-state index in [4.69, 9.17) is 25.8 Å². The first-order chi connectivity index (χ1) is 12.8. The van der Waals surface area contributed by atoms with Crippen molar-refractivity contribution in [2.75, 3.05) is 6.07 Å². The number of alkyl halides is 1. The molecule has 0 heterocycles. The van der Waals surface area contributed by atoms with E-state index in [1.165, 1.54) is 0 Å². The highest BCUT2D eigenvalue weighted by Gasteiger charge is 2.33. The van der Waals surface area contributed by atoms with Crippen molar-refractivity contribution in [1.29, 1.82) is 0 Å². The van der Waals surface area contributed by atoms with Gasteiger partial charge < -0.3 is 19.5 Å². The van der Waals surface area contributed by atoms with Gasteiger partial charge in [0.15, 0.2) is 6.07 Å². The van der Waals surface area contributed by atoms with Gasteiger partial charge in [0.2, 0.25) is 6.10 Å². The summed E-state index contributed by atoms with van der Waals surface area (Å²) in [6.45, 7) is 6.97. The van der Waals surface area contributed by atoms with E-state index < -0.39 is 30.2 Å². The molecule has 0 saturated heterocycles. The van der Waals surface area contributed by atoms with E-state index in [1.54, 1.807) is 27.7 Å². The summed E-state index contributed by atoms with van der Waals surface area (Å²) in [5, 5.41) is 2.49. The molecule has 0 radical (unpaired) electrons. The van der Waals surface area contributed by atoms with Gasteiger partial charge >= 0.3 is 18.0 Å². The van der Waals surface area contributed by atoms with Crippen molar-refractivity contribution in [2.45, 2.75) is 46.4 Å². The highest BCUT2D eigenvalue weighted by Crippen LogP contribution is 2.13. The predicted octanol–water partition coefficient (Wildman–Crippen LogP) is 3.24. The third-order valence-electron chi connectivity index (χ3n) is 3.68. The number of hydrogen-bond acceptors (Lipinski definition) is 6. The van der Waals surface area contributed by atoms with Gasteiger partial charge in [0, 0.05) is 5.92 Å². The molecule has 7 nitrogen and oxygen atoms in total. The van der Waals surface area contributed by atoms with Crippen LogP contribution in [0.2, 0.25) is 0 Å². The molecular weight excluding hydrogens is 374 g/mol. The second kappa shape index (κ2) is 11.4. The highest BCUT2D eigenvalue weighted by atomic mass is 35.5. The Hall–Kier alpha value is -2.28. The van der Waals surface area contributed by atoms with Crippen molar-refractivity contribution in [1.82, 2.24) is 5.32 Å². The van der Waals surface area contributed by atoms with E-state index in [-0.39, 0.29) is 24.5 Å². The van der Waals surface area contributed by atoms with Crippen LogP contribution in [0.3, 0.4) is 0 Å². The Morgan fingerprint density at radius 2 is 1.59 bits per heavy atom. The second-order valence-corrected chi connectivity index (χ2v) is 6.82. The van der Waals surface area contributed by atoms with Crippen LogP contribution in [-0.2, 0) is 30.4 Å². The normalized spacial score (nSPS) is 13.0. The smallest absolute Gasteiger partial charge is 0.408 e. The van der Waals surface area contributed by atoms with Crippen molar-refractivity contribution >= 4 is 29.6 Å². The third-order valence-corrected chi connectivity index (χ3v) is 3.79. The molecule has 1 N–H and O–H groups in total. The van der Waals surface area contributed by atoms with Gasteiger partial charge in [-0.05, 0) is 11.5 Å². The average Bonchev–Trinajstić information content (AvgIpc) is 2.62. The summed E-state index contributed by atoms with van der Waals surface area (Å²) in [4.78, 5) is 36.4. The molecule has 0 spiro atoms. The zero-order valence-electron chi connectivity index (χ0n) is 15.9. The fraction of sp³-hybridized carbons (Fsp3) is 0.526. The van der Waals surface area contributed by atoms with E-state index in [9.17, 15) is 14.4 Å². The molecule has 1 aromatic carbocycles. The van der Waals surface area contributed by atoms with Crippen LogP contribution >= 0.6 is 11.6 Å². The SMILES string of the molecule is CC(C)[C@H](NC(=O)OCc1ccccc1)C(=O)O[C@H](C(=O)OCCl)C(C)C. The number of ether oxygens (including phenoxy) is 3. The van der Waals surface area contributed by atoms with Gasteiger partial charge in [0.1, 0.15) is 12.6 Å². The first kappa shape index (κ1) is 22.8. The number of amides is 1. The number of hydrogen-bond donors (Lipinski definition) is 1. The molecular formula is C19H26ClNO6. The standard InChI is InChI=1S/C19H26ClNO6/c1-12(2)15(17(22)27-16(13(3)4)18(23)26-11-20)21-19(24)25-10-14-8-6-5-7-9-14/h5-9,12-13,15-16H,10-11H2,1-4H3,(H,21,24)/t15-,16-/m0/s1. The fourth-order valence-electron chi connectivity index (χ4n) is 2.18. The van der Waals surface area contributed by atoms with Crippen molar-refractivity contribution < 1.29 is 28.6 Å². The molecule has 0 saturated carbocycles. The monoisotopic (exact) mass is 399 g/mol. The average molecular weight is 400 g/mol. The molecule has 1 amide bonds. The summed E-state index contributed by atoms with van der Waals surface area (Å²) < 4.78 is 15.1. The summed E-state index contributed by atoms with van der Waals surface area (Å²) in [5.41, 5.74) is 0.819. The number of carbonyl (C=O) groups is 3. The van der Waals surface area contributed by atoms with E-state index in [1.807, 2.05) is 30.3 Å². The number of benzene rings is 1. The van der Waals surface area contributed by atoms with E-state index in [0.29, 0.717) is 0 Å². The molecule has 2 atom stereocenters. The largest absolute Gasteiger partial charge is 0.449 e. The van der Waals surface area contributed by atoms with Gasteiger partial charge in [-0.2, -0.15) is 0 Å². The molecule has 8 heteroatoms. The van der Waals surface area contributed by atoms with Crippen LogP contribution in [0.1, 0.15) is 33.3 Å². The lowest BCUT2D eigenvalue weighted by atomic mass is 10.0. The van der Waals surface area contributed by atoms with Crippen molar-refractivity contribution in [2.24, 2.45) is 11.8 Å². The molecule has 0 unspecified atom stereocenters. The summed E-state index contributed by atoms with van der Waals surface area (Å²) in [6.07, 6.45) is -1.86. The molecule has 27 heavy (non-hydrogen) atoms. The lowest BCUT2D eigenvalue weighted by molar-refractivity contribution is -0.171. The zero-order valence-corrected chi connectivity index (χ0v) is 16.7. The summed E-state index contributed by atoms with van der Waals surface area (Å²) in [5.74, 6) is -2.07. The Kier molecular flexibility index (Phi) is 9.64. The Labute approximate surface area is 164 Å². The minimum absolute atomic E-state index is 0.0726. The molecule has 1 aromatic rings. The maximum Gasteiger partial charge on any atom is 0.408 e. The highest BCUT2D eigenvalue weighted by molar-refractivity contribution is 6.17. The van der Waals surface area contributed by atoms with Crippen molar-refractivity contribution in [3.8, 4) is 0 Å². The number of esters is 2. The van der Waals surface area contributed by atoms with Crippen molar-refractivity contribution in [3.63, 3.8) is 0 Å². The van der Waals surface area contributed by atoms with E-state index in [2.05, 4.69) is 5.32 Å². The maximum absolute atomic E-state index is 12.5. The zero-order chi connectivity index (χ0) is 20.4. The third kappa shape index (κ3) is 7.86. The molecule has 0 aliphatic heterocycles. The lowest BCUT2D eigenvalue weighted by Gasteiger charge is -2.25. The molecule has 0 fully saturated rings. The molecule has 0 aliphatic carbocycles. The molecule has 150 valence electrons. The van der Waals surface area contributed by atoms with Gasteiger partial charge in [0.05, 0.1) is 0 Å². The van der Waals surface area contributed by atoms with Gasteiger partial charge in [-0.15, -0.1) is 0 Å². The quantitative estimate of drug-likeness (QED) is 0.389. The minimum atomic E-state index is -1.11. The van der Waals surface area contributed by atoms with Crippen LogP contribution in [0, 0.1) is 11.8 Å². The molecule has 0 bridgehead atoms. The second-order valence-electron chi connectivity index (χ2n) is 6.60. The lowest BCUT2D eigenvalue weighted by Crippen LogP contribution is -2.48. The Morgan fingerprint density at radius 3 is 2.11 bits per heavy atom. The van der Waals surface area contributed by atoms with E-state index in [0.717, 1.165) is 5.56 Å². The number of halogens is 1. The van der Waals surface area contributed by atoms with Gasteiger partial charge in [-0.1, -0.05) is 69.6 Å². The van der Waals surface area contributed by atoms with E-state index >= 15 is 0 Å². The number of nitrogens with one attached hydrogen (secondary N) is 1. The van der Waals surface area contributed by atoms with Crippen LogP contribution in [0.25, 0.3) is 0 Å². The van der Waals surface area contributed by atoms with Gasteiger partial charge in [0.25, 0.3) is 0 Å². The molecule has 0 aromatic heterocycles. The summed E-state index contributed by atoms with van der Waals surface area (Å²) in [7, 11) is 0. The van der Waals surface area contributed by atoms with Crippen LogP contribution in [0.15, 0.2) is 30.3 Å². The van der Waals surface area contributed by atoms with Crippen LogP contribution in [-0.4, -0.2) is 36.2 Å². The van der Waals surface area contributed by atoms with Crippen molar-refractivity contribution in [3.05, 3.63) is 35.9 Å². The minimum Gasteiger partial charge on any atom is -0.449 e. The van der Waals surface area contributed by atoms with Crippen LogP contribution < -0.4 is 5.32 Å². The Bertz CT molecular complexity index is 620. The van der Waals surface area contributed by atoms with Crippen LogP contribution in [0.4, 0.5) is 4.79 Å². The summed E-state index contributed by atoms with van der Waals surface area (Å²) >= 11 is 5.39. The van der Waals surface area contributed by atoms with Crippen LogP contribution in [0.5, 0.6) is 0 Å². The van der Waals surface area contributed by atoms with Gasteiger partial charge in [-0.25, -0.2) is 14.4 Å². The summed E-state index contributed by atoms with van der Waals surface area (Å²) in [6, 6.07) is 7.84. The first-order valence-electron chi connectivity index (χ1n) is 8.66.